The number of benzene rings is 2. The highest BCUT2D eigenvalue weighted by Crippen LogP contribution is 2.46. The van der Waals surface area contributed by atoms with Crippen LogP contribution in [0.2, 0.25) is 0 Å². The molecule has 2 aliphatic heterocycles. The van der Waals surface area contributed by atoms with Gasteiger partial charge in [0.1, 0.15) is 17.2 Å². The maximum Gasteiger partial charge on any atom is 0.573 e. The van der Waals surface area contributed by atoms with Gasteiger partial charge in [-0.15, -0.1) is 19.6 Å². The zero-order valence-corrected chi connectivity index (χ0v) is 20.2. The molecule has 3 fully saturated rings. The van der Waals surface area contributed by atoms with Crippen molar-refractivity contribution in [3.05, 3.63) is 65.4 Å². The first-order chi connectivity index (χ1) is 17.9. The van der Waals surface area contributed by atoms with Gasteiger partial charge in [0.15, 0.2) is 0 Å². The third-order valence-electron chi connectivity index (χ3n) is 7.62. The first kappa shape index (κ1) is 23.9. The van der Waals surface area contributed by atoms with Gasteiger partial charge in [0.2, 0.25) is 0 Å². The zero-order chi connectivity index (χ0) is 25.6. The van der Waals surface area contributed by atoms with Crippen LogP contribution in [0.15, 0.2) is 53.1 Å². The van der Waals surface area contributed by atoms with Gasteiger partial charge in [-0.2, -0.15) is 0 Å². The molecule has 1 saturated carbocycles. The fourth-order valence-electron chi connectivity index (χ4n) is 5.83. The third-order valence-corrected chi connectivity index (χ3v) is 7.62. The number of hydrogen-bond acceptors (Lipinski definition) is 5. The molecule has 192 valence electrons. The van der Waals surface area contributed by atoms with E-state index in [0.717, 1.165) is 49.7 Å². The molecule has 3 aromatic rings. The summed E-state index contributed by atoms with van der Waals surface area (Å²) in [5.74, 6) is 3.32. The minimum Gasteiger partial charge on any atom is -0.405 e. The Bertz CT molecular complexity index is 1290. The third kappa shape index (κ3) is 4.93. The van der Waals surface area contributed by atoms with Crippen molar-refractivity contribution in [2.24, 2.45) is 0 Å². The molecule has 1 aliphatic carbocycles. The van der Waals surface area contributed by atoms with Crippen LogP contribution in [0.25, 0.3) is 11.3 Å². The smallest absolute Gasteiger partial charge is 0.405 e. The van der Waals surface area contributed by atoms with Gasteiger partial charge >= 0.3 is 6.36 Å². The zero-order valence-electron chi connectivity index (χ0n) is 20.2. The second kappa shape index (κ2) is 9.46. The van der Waals surface area contributed by atoms with E-state index < -0.39 is 6.36 Å². The van der Waals surface area contributed by atoms with E-state index in [2.05, 4.69) is 32.8 Å². The highest BCUT2D eigenvalue weighted by Gasteiger charge is 2.42. The van der Waals surface area contributed by atoms with Gasteiger partial charge < -0.3 is 18.9 Å². The lowest BCUT2D eigenvalue weighted by Gasteiger charge is -2.40. The van der Waals surface area contributed by atoms with Crippen LogP contribution in [-0.2, 0) is 11.3 Å². The first-order valence-electron chi connectivity index (χ1n) is 12.7. The summed E-state index contributed by atoms with van der Waals surface area (Å²) in [5.41, 5.74) is 3.38. The molecule has 0 unspecified atom stereocenters. The second-order valence-electron chi connectivity index (χ2n) is 10.1. The van der Waals surface area contributed by atoms with Crippen molar-refractivity contribution in [1.82, 2.24) is 5.16 Å². The van der Waals surface area contributed by atoms with E-state index in [4.69, 9.17) is 15.7 Å². The number of halogens is 3. The molecule has 1 aromatic heterocycles. The highest BCUT2D eigenvalue weighted by molar-refractivity contribution is 5.70. The normalized spacial score (nSPS) is 23.2. The number of aromatic nitrogens is 1. The minimum atomic E-state index is -4.80. The van der Waals surface area contributed by atoms with Crippen molar-refractivity contribution in [3.63, 3.8) is 0 Å². The van der Waals surface area contributed by atoms with Crippen LogP contribution in [0.3, 0.4) is 0 Å². The number of hydrogen-bond donors (Lipinski definition) is 0. The highest BCUT2D eigenvalue weighted by atomic mass is 19.4. The molecule has 0 N–H and O–H groups in total. The number of anilines is 1. The van der Waals surface area contributed by atoms with Crippen LogP contribution in [0, 0.1) is 12.3 Å². The van der Waals surface area contributed by atoms with Gasteiger partial charge in [0.05, 0.1) is 12.7 Å². The molecule has 0 radical (unpaired) electrons. The van der Waals surface area contributed by atoms with E-state index >= 15 is 0 Å². The number of fused-ring (bicyclic) bond motifs is 2. The Hall–Kier alpha value is -3.44. The van der Waals surface area contributed by atoms with Crippen molar-refractivity contribution in [1.29, 1.82) is 0 Å². The number of terminal acetylenes is 1. The second-order valence-corrected chi connectivity index (χ2v) is 10.1. The predicted molar refractivity (Wildman–Crippen MR) is 132 cm³/mol. The number of nitrogens with zero attached hydrogens (tertiary/aromatic N) is 2. The Kier molecular flexibility index (Phi) is 6.12. The summed E-state index contributed by atoms with van der Waals surface area (Å²) < 4.78 is 55.5. The van der Waals surface area contributed by atoms with E-state index in [1.54, 1.807) is 12.1 Å². The van der Waals surface area contributed by atoms with Crippen LogP contribution >= 0.6 is 0 Å². The lowest BCUT2D eigenvalue weighted by Crippen LogP contribution is -2.45. The van der Waals surface area contributed by atoms with Crippen molar-refractivity contribution in [2.75, 3.05) is 4.90 Å². The molecule has 0 spiro atoms. The van der Waals surface area contributed by atoms with E-state index in [1.165, 1.54) is 17.8 Å². The van der Waals surface area contributed by atoms with Crippen molar-refractivity contribution in [3.8, 4) is 29.4 Å². The molecule has 2 aromatic carbocycles. The molecule has 0 amide bonds. The SMILES string of the molecule is C#Cc1ccc(N2[C@@H]3CC[C@H]2C[C@@H](OCc2c(-c4ccccc4OC(F)(F)F)noc2C2CC2)C3)cc1. The summed E-state index contributed by atoms with van der Waals surface area (Å²) >= 11 is 0. The van der Waals surface area contributed by atoms with Crippen molar-refractivity contribution < 1.29 is 27.2 Å². The molecular weight excluding hydrogens is 481 g/mol. The maximum absolute atomic E-state index is 13.0. The molecule has 2 bridgehead atoms. The van der Waals surface area contributed by atoms with E-state index in [1.807, 2.05) is 12.1 Å². The van der Waals surface area contributed by atoms with E-state index in [-0.39, 0.29) is 29.9 Å². The number of piperidine rings is 1. The fourth-order valence-corrected chi connectivity index (χ4v) is 5.83. The topological polar surface area (TPSA) is 47.7 Å². The number of para-hydroxylation sites is 1. The van der Waals surface area contributed by atoms with Crippen LogP contribution in [-0.4, -0.2) is 29.7 Å². The Morgan fingerprint density at radius 1 is 1.00 bits per heavy atom. The van der Waals surface area contributed by atoms with E-state index in [0.29, 0.717) is 23.5 Å². The summed E-state index contributed by atoms with van der Waals surface area (Å²) in [4.78, 5) is 2.49. The van der Waals surface area contributed by atoms with Gasteiger partial charge in [-0.25, -0.2) is 0 Å². The largest absolute Gasteiger partial charge is 0.573 e. The van der Waals surface area contributed by atoms with Crippen molar-refractivity contribution in [2.45, 2.75) is 75.6 Å². The summed E-state index contributed by atoms with van der Waals surface area (Å²) in [6, 6.07) is 14.9. The molecular formula is C29H27F3N2O3. The Morgan fingerprint density at radius 3 is 2.35 bits per heavy atom. The molecule has 8 heteroatoms. The first-order valence-corrected chi connectivity index (χ1v) is 12.7. The van der Waals surface area contributed by atoms with Crippen molar-refractivity contribution >= 4 is 5.69 Å². The van der Waals surface area contributed by atoms with Crippen LogP contribution in [0.4, 0.5) is 18.9 Å². The quantitative estimate of drug-likeness (QED) is 0.328. The molecule has 6 rings (SSSR count). The summed E-state index contributed by atoms with van der Waals surface area (Å²) in [6.07, 6.45) is 6.70. The predicted octanol–water partition coefficient (Wildman–Crippen LogP) is 6.82. The molecule has 3 heterocycles. The molecule has 5 nitrogen and oxygen atoms in total. The Morgan fingerprint density at radius 2 is 1.70 bits per heavy atom. The monoisotopic (exact) mass is 508 g/mol. The lowest BCUT2D eigenvalue weighted by atomic mass is 9.98. The Balaban J connectivity index is 1.20. The molecule has 3 aliphatic rings. The van der Waals surface area contributed by atoms with Gasteiger partial charge in [0, 0.05) is 40.4 Å². The number of alkyl halides is 3. The average molecular weight is 509 g/mol. The number of ether oxygens (including phenoxy) is 2. The molecule has 2 saturated heterocycles. The van der Waals surface area contributed by atoms with Gasteiger partial charge in [0.25, 0.3) is 0 Å². The lowest BCUT2D eigenvalue weighted by molar-refractivity contribution is -0.274. The van der Waals surface area contributed by atoms with Gasteiger partial charge in [-0.05, 0) is 74.9 Å². The molecule has 3 atom stereocenters. The van der Waals surface area contributed by atoms with Crippen LogP contribution in [0.1, 0.15) is 61.3 Å². The summed E-state index contributed by atoms with van der Waals surface area (Å²) in [6.45, 7) is 0.242. The summed E-state index contributed by atoms with van der Waals surface area (Å²) in [7, 11) is 0. The maximum atomic E-state index is 13.0. The molecule has 37 heavy (non-hydrogen) atoms. The standard InChI is InChI=1S/C29H27F3N2O3/c1-2-18-7-11-20(12-8-18)34-21-13-14-22(34)16-23(15-21)35-17-25-27(33-37-28(25)19-9-10-19)24-5-3-4-6-26(24)36-29(30,31)32/h1,3-8,11-12,19,21-23H,9-10,13-17H2/t21-,22+,23+. The minimum absolute atomic E-state index is 0.0511. The average Bonchev–Trinajstić information content (AvgIpc) is 3.58. The van der Waals surface area contributed by atoms with Crippen LogP contribution < -0.4 is 9.64 Å². The van der Waals surface area contributed by atoms with Gasteiger partial charge in [-0.3, -0.25) is 0 Å². The fraction of sp³-hybridized carbons (Fsp3) is 0.414. The summed E-state index contributed by atoms with van der Waals surface area (Å²) in [5, 5.41) is 4.19. The number of rotatable bonds is 7. The van der Waals surface area contributed by atoms with E-state index in [9.17, 15) is 13.2 Å². The Labute approximate surface area is 213 Å². The van der Waals surface area contributed by atoms with Crippen LogP contribution in [0.5, 0.6) is 5.75 Å². The van der Waals surface area contributed by atoms with Gasteiger partial charge in [-0.1, -0.05) is 23.2 Å².